The second-order valence-corrected chi connectivity index (χ2v) is 6.07. The van der Waals surface area contributed by atoms with E-state index in [0.717, 1.165) is 37.8 Å². The average Bonchev–Trinajstić information content (AvgIpc) is 2.43. The van der Waals surface area contributed by atoms with Crippen molar-refractivity contribution in [2.75, 3.05) is 12.0 Å². The van der Waals surface area contributed by atoms with E-state index >= 15 is 0 Å². The summed E-state index contributed by atoms with van der Waals surface area (Å²) < 4.78 is 27.1. The minimum atomic E-state index is -0.861. The topological polar surface area (TPSA) is 55.1 Å². The molecule has 0 heterocycles. The fourth-order valence-electron chi connectivity index (χ4n) is 2.57. The molecular weight excluding hydrogens is 282 g/mol. The van der Waals surface area contributed by atoms with E-state index in [-0.39, 0.29) is 17.3 Å². The Kier molecular flexibility index (Phi) is 4.86. The first-order valence-electron chi connectivity index (χ1n) is 6.61. The smallest absolute Gasteiger partial charge is 0.254 e. The third kappa shape index (κ3) is 3.23. The van der Waals surface area contributed by atoms with Gasteiger partial charge in [0.2, 0.25) is 0 Å². The summed E-state index contributed by atoms with van der Waals surface area (Å²) in [5.41, 5.74) is 4.67. The maximum atomic E-state index is 13.8. The number of hydrogen-bond donors (Lipinski definition) is 2. The highest BCUT2D eigenvalue weighted by Crippen LogP contribution is 2.27. The van der Waals surface area contributed by atoms with Crippen molar-refractivity contribution in [3.63, 3.8) is 0 Å². The molecule has 0 spiro atoms. The van der Waals surface area contributed by atoms with E-state index in [2.05, 4.69) is 5.32 Å². The molecule has 1 aliphatic carbocycles. The van der Waals surface area contributed by atoms with Gasteiger partial charge in [-0.3, -0.25) is 4.79 Å². The molecule has 0 aliphatic heterocycles. The molecule has 2 unspecified atom stereocenters. The molecule has 20 heavy (non-hydrogen) atoms. The molecule has 1 aromatic carbocycles. The third-order valence-electron chi connectivity index (χ3n) is 3.63. The van der Waals surface area contributed by atoms with Crippen LogP contribution in [0.15, 0.2) is 12.1 Å². The molecule has 0 aromatic heterocycles. The van der Waals surface area contributed by atoms with Gasteiger partial charge in [0.05, 0.1) is 11.3 Å². The number of halogens is 2. The van der Waals surface area contributed by atoms with Crippen LogP contribution in [0.4, 0.5) is 14.5 Å². The van der Waals surface area contributed by atoms with Crippen LogP contribution < -0.4 is 11.1 Å². The Morgan fingerprint density at radius 3 is 2.75 bits per heavy atom. The predicted octanol–water partition coefficient (Wildman–Crippen LogP) is 2.95. The van der Waals surface area contributed by atoms with Crippen LogP contribution in [0.25, 0.3) is 0 Å². The van der Waals surface area contributed by atoms with Crippen molar-refractivity contribution in [3.05, 3.63) is 29.3 Å². The summed E-state index contributed by atoms with van der Waals surface area (Å²) in [6.07, 6.45) is 6.06. The van der Waals surface area contributed by atoms with E-state index in [1.54, 1.807) is 11.8 Å². The van der Waals surface area contributed by atoms with Crippen LogP contribution >= 0.6 is 11.8 Å². The molecule has 6 heteroatoms. The largest absolute Gasteiger partial charge is 0.396 e. The molecule has 2 atom stereocenters. The predicted molar refractivity (Wildman–Crippen MR) is 77.8 cm³/mol. The van der Waals surface area contributed by atoms with Crippen molar-refractivity contribution >= 4 is 23.4 Å². The van der Waals surface area contributed by atoms with Gasteiger partial charge in [-0.25, -0.2) is 8.78 Å². The second kappa shape index (κ2) is 6.43. The average molecular weight is 300 g/mol. The lowest BCUT2D eigenvalue weighted by molar-refractivity contribution is 0.0925. The number of hydrogen-bond acceptors (Lipinski definition) is 3. The Hall–Kier alpha value is -1.30. The molecule has 1 saturated carbocycles. The number of anilines is 1. The minimum Gasteiger partial charge on any atom is -0.396 e. The molecule has 1 aromatic rings. The van der Waals surface area contributed by atoms with Crippen molar-refractivity contribution in [3.8, 4) is 0 Å². The Labute approximate surface area is 121 Å². The standard InChI is InChI=1S/C14H18F2N2OS/c1-20-12-5-3-2-4-11(12)18-14(19)9-6-8(15)7-10(17)13(9)16/h6-7,11-12H,2-5,17H2,1H3,(H,18,19). The van der Waals surface area contributed by atoms with Gasteiger partial charge in [-0.2, -0.15) is 11.8 Å². The Balaban J connectivity index is 2.15. The zero-order valence-corrected chi connectivity index (χ0v) is 12.1. The van der Waals surface area contributed by atoms with Crippen LogP contribution in [0.3, 0.4) is 0 Å². The number of nitrogens with two attached hydrogens (primary N) is 1. The number of carbonyl (C=O) groups excluding carboxylic acids is 1. The molecule has 1 fully saturated rings. The van der Waals surface area contributed by atoms with E-state index in [0.29, 0.717) is 5.25 Å². The summed E-state index contributed by atoms with van der Waals surface area (Å²) in [6, 6.07) is 1.75. The molecule has 3 nitrogen and oxygen atoms in total. The van der Waals surface area contributed by atoms with Crippen LogP contribution in [0.5, 0.6) is 0 Å². The minimum absolute atomic E-state index is 0.00450. The van der Waals surface area contributed by atoms with Gasteiger partial charge in [0.25, 0.3) is 5.91 Å². The number of rotatable bonds is 3. The number of nitrogen functional groups attached to an aromatic ring is 1. The SMILES string of the molecule is CSC1CCCCC1NC(=O)c1cc(F)cc(N)c1F. The first kappa shape index (κ1) is 15.1. The first-order valence-corrected chi connectivity index (χ1v) is 7.90. The molecule has 0 radical (unpaired) electrons. The van der Waals surface area contributed by atoms with E-state index in [1.807, 2.05) is 6.26 Å². The summed E-state index contributed by atoms with van der Waals surface area (Å²) in [5, 5.41) is 3.13. The van der Waals surface area contributed by atoms with Crippen LogP contribution in [0.2, 0.25) is 0 Å². The fraction of sp³-hybridized carbons (Fsp3) is 0.500. The molecule has 1 aliphatic rings. The highest BCUT2D eigenvalue weighted by Gasteiger charge is 2.27. The third-order valence-corrected chi connectivity index (χ3v) is 4.80. The summed E-state index contributed by atoms with van der Waals surface area (Å²) in [5.74, 6) is -2.17. The summed E-state index contributed by atoms with van der Waals surface area (Å²) >= 11 is 1.69. The quantitative estimate of drug-likeness (QED) is 0.844. The number of thioether (sulfide) groups is 1. The molecule has 3 N–H and O–H groups in total. The van der Waals surface area contributed by atoms with Gasteiger partial charge in [-0.15, -0.1) is 0 Å². The number of carbonyl (C=O) groups is 1. The van der Waals surface area contributed by atoms with E-state index < -0.39 is 17.5 Å². The lowest BCUT2D eigenvalue weighted by Gasteiger charge is -2.31. The zero-order valence-electron chi connectivity index (χ0n) is 11.3. The van der Waals surface area contributed by atoms with E-state index in [4.69, 9.17) is 5.73 Å². The van der Waals surface area contributed by atoms with Gasteiger partial charge in [0.15, 0.2) is 5.82 Å². The summed E-state index contributed by atoms with van der Waals surface area (Å²) in [4.78, 5) is 12.1. The van der Waals surface area contributed by atoms with Crippen molar-refractivity contribution in [1.29, 1.82) is 0 Å². The maximum Gasteiger partial charge on any atom is 0.254 e. The molecule has 2 rings (SSSR count). The lowest BCUT2D eigenvalue weighted by atomic mass is 9.94. The number of benzene rings is 1. The normalized spacial score (nSPS) is 22.6. The summed E-state index contributed by atoms with van der Waals surface area (Å²) in [6.45, 7) is 0. The monoisotopic (exact) mass is 300 g/mol. The zero-order chi connectivity index (χ0) is 14.7. The fourth-order valence-corrected chi connectivity index (χ4v) is 3.50. The molecule has 0 saturated heterocycles. The first-order chi connectivity index (χ1) is 9.52. The maximum absolute atomic E-state index is 13.8. The van der Waals surface area contributed by atoms with E-state index in [9.17, 15) is 13.6 Å². The Morgan fingerprint density at radius 2 is 2.05 bits per heavy atom. The van der Waals surface area contributed by atoms with Gasteiger partial charge in [0, 0.05) is 11.3 Å². The van der Waals surface area contributed by atoms with Crippen LogP contribution in [0.1, 0.15) is 36.0 Å². The van der Waals surface area contributed by atoms with Gasteiger partial charge in [-0.1, -0.05) is 12.8 Å². The van der Waals surface area contributed by atoms with Crippen LogP contribution in [0, 0.1) is 11.6 Å². The molecular formula is C14H18F2N2OS. The van der Waals surface area contributed by atoms with Gasteiger partial charge in [-0.05, 0) is 31.2 Å². The van der Waals surface area contributed by atoms with Crippen LogP contribution in [-0.4, -0.2) is 23.5 Å². The van der Waals surface area contributed by atoms with Crippen molar-refractivity contribution in [2.45, 2.75) is 37.0 Å². The van der Waals surface area contributed by atoms with Crippen molar-refractivity contribution < 1.29 is 13.6 Å². The number of amides is 1. The number of nitrogens with one attached hydrogen (secondary N) is 1. The molecule has 110 valence electrons. The van der Waals surface area contributed by atoms with Crippen LogP contribution in [-0.2, 0) is 0 Å². The lowest BCUT2D eigenvalue weighted by Crippen LogP contribution is -2.44. The van der Waals surface area contributed by atoms with Gasteiger partial charge in [0.1, 0.15) is 5.82 Å². The molecule has 1 amide bonds. The Bertz CT molecular complexity index is 510. The van der Waals surface area contributed by atoms with Gasteiger partial charge < -0.3 is 11.1 Å². The van der Waals surface area contributed by atoms with Gasteiger partial charge >= 0.3 is 0 Å². The second-order valence-electron chi connectivity index (χ2n) is 5.00. The van der Waals surface area contributed by atoms with Crippen molar-refractivity contribution in [1.82, 2.24) is 5.32 Å². The molecule has 0 bridgehead atoms. The highest BCUT2D eigenvalue weighted by atomic mass is 32.2. The summed E-state index contributed by atoms with van der Waals surface area (Å²) in [7, 11) is 0. The van der Waals surface area contributed by atoms with E-state index in [1.165, 1.54) is 0 Å². The highest BCUT2D eigenvalue weighted by molar-refractivity contribution is 7.99. The Morgan fingerprint density at radius 1 is 1.35 bits per heavy atom. The van der Waals surface area contributed by atoms with Crippen molar-refractivity contribution in [2.24, 2.45) is 0 Å².